The van der Waals surface area contributed by atoms with Crippen LogP contribution < -0.4 is 9.64 Å². The summed E-state index contributed by atoms with van der Waals surface area (Å²) in [7, 11) is 1.69. The zero-order valence-corrected chi connectivity index (χ0v) is 21.0. The molecule has 4 aromatic rings. The molecule has 35 heavy (non-hydrogen) atoms. The standard InChI is InChI=1S/C28H27Cl2N3O2/c1-35-27-9-5-4-8-26(27)32-12-14-33(15-13-32)28(34)17-21(19-10-11-23(29)24(30)16-19)22-18-31-25-7-3-2-6-20(22)25/h2-11,16,18,21,31H,12-15,17H2,1H3. The lowest BCUT2D eigenvalue weighted by atomic mass is 9.87. The third kappa shape index (κ3) is 4.84. The smallest absolute Gasteiger partial charge is 0.223 e. The van der Waals surface area contributed by atoms with Crippen LogP contribution in [0.4, 0.5) is 5.69 Å². The number of rotatable bonds is 6. The van der Waals surface area contributed by atoms with E-state index in [4.69, 9.17) is 27.9 Å². The van der Waals surface area contributed by atoms with E-state index in [0.29, 0.717) is 29.6 Å². The van der Waals surface area contributed by atoms with Gasteiger partial charge in [-0.25, -0.2) is 0 Å². The van der Waals surface area contributed by atoms with E-state index in [1.165, 1.54) is 0 Å². The first kappa shape index (κ1) is 23.6. The fourth-order valence-electron chi connectivity index (χ4n) is 4.91. The van der Waals surface area contributed by atoms with Crippen LogP contribution in [0.1, 0.15) is 23.5 Å². The number of ether oxygens (including phenoxy) is 1. The number of piperazine rings is 1. The molecule has 1 amide bonds. The molecule has 5 rings (SSSR count). The number of carbonyl (C=O) groups excluding carboxylic acids is 1. The number of aromatic nitrogens is 1. The van der Waals surface area contributed by atoms with Crippen molar-refractivity contribution in [3.63, 3.8) is 0 Å². The zero-order valence-electron chi connectivity index (χ0n) is 19.5. The Balaban J connectivity index is 1.37. The van der Waals surface area contributed by atoms with Crippen molar-refractivity contribution in [2.75, 3.05) is 38.2 Å². The minimum atomic E-state index is -0.138. The molecular weight excluding hydrogens is 481 g/mol. The van der Waals surface area contributed by atoms with E-state index >= 15 is 0 Å². The molecule has 0 radical (unpaired) electrons. The fourth-order valence-corrected chi connectivity index (χ4v) is 5.22. The molecule has 1 aliphatic heterocycles. The van der Waals surface area contributed by atoms with E-state index in [2.05, 4.69) is 22.0 Å². The normalized spacial score (nSPS) is 14.8. The summed E-state index contributed by atoms with van der Waals surface area (Å²) in [5, 5.41) is 2.11. The van der Waals surface area contributed by atoms with Crippen molar-refractivity contribution >= 4 is 45.7 Å². The van der Waals surface area contributed by atoms with Gasteiger partial charge in [-0.2, -0.15) is 0 Å². The van der Waals surface area contributed by atoms with E-state index in [1.807, 2.05) is 59.6 Å². The summed E-state index contributed by atoms with van der Waals surface area (Å²) < 4.78 is 5.52. The number of benzene rings is 3. The van der Waals surface area contributed by atoms with Crippen molar-refractivity contribution < 1.29 is 9.53 Å². The molecule has 1 N–H and O–H groups in total. The maximum atomic E-state index is 13.5. The first-order valence-corrected chi connectivity index (χ1v) is 12.5. The minimum absolute atomic E-state index is 0.131. The number of hydrogen-bond acceptors (Lipinski definition) is 3. The molecule has 180 valence electrons. The molecule has 1 aliphatic rings. The maximum Gasteiger partial charge on any atom is 0.223 e. The molecule has 0 aliphatic carbocycles. The number of nitrogens with one attached hydrogen (secondary N) is 1. The predicted molar refractivity (Wildman–Crippen MR) is 143 cm³/mol. The van der Waals surface area contributed by atoms with Crippen molar-refractivity contribution in [1.82, 2.24) is 9.88 Å². The number of anilines is 1. The lowest BCUT2D eigenvalue weighted by Crippen LogP contribution is -2.49. The van der Waals surface area contributed by atoms with Crippen molar-refractivity contribution in [1.29, 1.82) is 0 Å². The SMILES string of the molecule is COc1ccccc1N1CCN(C(=O)CC(c2ccc(Cl)c(Cl)c2)c2c[nH]c3ccccc23)CC1. The Kier molecular flexibility index (Phi) is 6.89. The Hall–Kier alpha value is -3.15. The molecule has 0 saturated carbocycles. The summed E-state index contributed by atoms with van der Waals surface area (Å²) in [6, 6.07) is 21.8. The van der Waals surface area contributed by atoms with Gasteiger partial charge in [0.25, 0.3) is 0 Å². The Morgan fingerprint density at radius 3 is 2.49 bits per heavy atom. The molecular formula is C28H27Cl2N3O2. The number of H-pyrrole nitrogens is 1. The summed E-state index contributed by atoms with van der Waals surface area (Å²) in [5.41, 5.74) is 4.17. The van der Waals surface area contributed by atoms with Crippen LogP contribution in [0, 0.1) is 0 Å². The highest BCUT2D eigenvalue weighted by molar-refractivity contribution is 6.42. The van der Waals surface area contributed by atoms with E-state index in [-0.39, 0.29) is 11.8 Å². The van der Waals surface area contributed by atoms with Gasteiger partial charge in [0.15, 0.2) is 0 Å². The van der Waals surface area contributed by atoms with Gasteiger partial charge >= 0.3 is 0 Å². The summed E-state index contributed by atoms with van der Waals surface area (Å²) >= 11 is 12.6. The Labute approximate surface area is 215 Å². The van der Waals surface area contributed by atoms with Crippen molar-refractivity contribution in [3.8, 4) is 5.75 Å². The van der Waals surface area contributed by atoms with Gasteiger partial charge in [-0.15, -0.1) is 0 Å². The van der Waals surface area contributed by atoms with Crippen molar-refractivity contribution in [2.45, 2.75) is 12.3 Å². The average molecular weight is 508 g/mol. The van der Waals surface area contributed by atoms with Gasteiger partial charge in [-0.3, -0.25) is 4.79 Å². The van der Waals surface area contributed by atoms with Gasteiger partial charge in [0.2, 0.25) is 5.91 Å². The second-order valence-electron chi connectivity index (χ2n) is 8.76. The molecule has 7 heteroatoms. The molecule has 3 aromatic carbocycles. The number of aromatic amines is 1. The second-order valence-corrected chi connectivity index (χ2v) is 9.57. The molecule has 0 bridgehead atoms. The average Bonchev–Trinajstić information content (AvgIpc) is 3.33. The third-order valence-electron chi connectivity index (χ3n) is 6.78. The van der Waals surface area contributed by atoms with Crippen LogP contribution in [0.2, 0.25) is 10.0 Å². The first-order valence-electron chi connectivity index (χ1n) is 11.7. The lowest BCUT2D eigenvalue weighted by Gasteiger charge is -2.37. The van der Waals surface area contributed by atoms with Crippen molar-refractivity contribution in [2.24, 2.45) is 0 Å². The molecule has 1 unspecified atom stereocenters. The van der Waals surface area contributed by atoms with Gasteiger partial charge < -0.3 is 19.5 Å². The van der Waals surface area contributed by atoms with E-state index in [0.717, 1.165) is 46.6 Å². The molecule has 1 saturated heterocycles. The summed E-state index contributed by atoms with van der Waals surface area (Å²) in [6.45, 7) is 2.85. The Morgan fingerprint density at radius 1 is 0.971 bits per heavy atom. The monoisotopic (exact) mass is 507 g/mol. The summed E-state index contributed by atoms with van der Waals surface area (Å²) in [4.78, 5) is 21.1. The number of carbonyl (C=O) groups is 1. The Morgan fingerprint density at radius 2 is 1.71 bits per heavy atom. The highest BCUT2D eigenvalue weighted by Gasteiger charge is 2.27. The molecule has 1 aromatic heterocycles. The van der Waals surface area contributed by atoms with Crippen LogP contribution in [0.3, 0.4) is 0 Å². The topological polar surface area (TPSA) is 48.6 Å². The van der Waals surface area contributed by atoms with Gasteiger partial charge in [-0.1, -0.05) is 59.6 Å². The quantitative estimate of drug-likeness (QED) is 0.330. The molecule has 0 spiro atoms. The van der Waals surface area contributed by atoms with E-state index in [9.17, 15) is 4.79 Å². The number of amides is 1. The number of para-hydroxylation sites is 3. The maximum absolute atomic E-state index is 13.5. The molecule has 2 heterocycles. The van der Waals surface area contributed by atoms with E-state index in [1.54, 1.807) is 13.2 Å². The summed E-state index contributed by atoms with van der Waals surface area (Å²) in [6.07, 6.45) is 2.36. The lowest BCUT2D eigenvalue weighted by molar-refractivity contribution is -0.131. The van der Waals surface area contributed by atoms with Crippen LogP contribution in [-0.2, 0) is 4.79 Å². The number of fused-ring (bicyclic) bond motifs is 1. The van der Waals surface area contributed by atoms with Crippen LogP contribution in [0.25, 0.3) is 10.9 Å². The minimum Gasteiger partial charge on any atom is -0.495 e. The van der Waals surface area contributed by atoms with Crippen LogP contribution in [-0.4, -0.2) is 49.1 Å². The predicted octanol–water partition coefficient (Wildman–Crippen LogP) is 6.35. The largest absolute Gasteiger partial charge is 0.495 e. The zero-order chi connectivity index (χ0) is 24.4. The van der Waals surface area contributed by atoms with Gasteiger partial charge in [0.05, 0.1) is 22.8 Å². The first-order chi connectivity index (χ1) is 17.0. The van der Waals surface area contributed by atoms with Gasteiger partial charge in [-0.05, 0) is 41.5 Å². The number of hydrogen-bond donors (Lipinski definition) is 1. The van der Waals surface area contributed by atoms with Gasteiger partial charge in [0, 0.05) is 55.6 Å². The fraction of sp³-hybridized carbons (Fsp3) is 0.250. The van der Waals surface area contributed by atoms with Crippen LogP contribution in [0.5, 0.6) is 5.75 Å². The number of halogens is 2. The molecule has 1 fully saturated rings. The molecule has 5 nitrogen and oxygen atoms in total. The van der Waals surface area contributed by atoms with Gasteiger partial charge in [0.1, 0.15) is 5.75 Å². The number of nitrogens with zero attached hydrogens (tertiary/aromatic N) is 2. The number of methoxy groups -OCH3 is 1. The Bertz CT molecular complexity index is 1350. The molecule has 1 atom stereocenters. The highest BCUT2D eigenvalue weighted by atomic mass is 35.5. The third-order valence-corrected chi connectivity index (χ3v) is 7.52. The summed E-state index contributed by atoms with van der Waals surface area (Å²) in [5.74, 6) is 0.845. The van der Waals surface area contributed by atoms with Crippen LogP contribution >= 0.6 is 23.2 Å². The second kappa shape index (κ2) is 10.2. The highest BCUT2D eigenvalue weighted by Crippen LogP contribution is 2.37. The van der Waals surface area contributed by atoms with E-state index < -0.39 is 0 Å². The van der Waals surface area contributed by atoms with Crippen molar-refractivity contribution in [3.05, 3.63) is 94.1 Å². The van der Waals surface area contributed by atoms with Crippen LogP contribution in [0.15, 0.2) is 72.9 Å².